The predicted molar refractivity (Wildman–Crippen MR) is 89.9 cm³/mol. The van der Waals surface area contributed by atoms with Crippen LogP contribution in [0.1, 0.15) is 40.5 Å². The van der Waals surface area contributed by atoms with Gasteiger partial charge in [-0.15, -0.1) is 0 Å². The SMILES string of the molecule is CCCC([N+]1=C2C=CC(=S(=O)=O)C=C2C(C)(C)C1C)S(=O)(=O)O.[I-]. The quantitative estimate of drug-likeness (QED) is 0.224. The van der Waals surface area contributed by atoms with Gasteiger partial charge in [0.1, 0.15) is 0 Å². The molecule has 0 aromatic rings. The molecule has 136 valence electrons. The molecule has 2 atom stereocenters. The van der Waals surface area contributed by atoms with E-state index in [-0.39, 0.29) is 34.9 Å². The molecular weight excluding hydrogens is 465 g/mol. The topological polar surface area (TPSA) is 91.5 Å². The number of halogens is 1. The second-order valence-corrected chi connectivity index (χ2v) is 8.99. The molecule has 0 bridgehead atoms. The van der Waals surface area contributed by atoms with Crippen molar-refractivity contribution in [3.63, 3.8) is 0 Å². The molecule has 0 amide bonds. The maximum absolute atomic E-state index is 11.9. The van der Waals surface area contributed by atoms with E-state index in [1.54, 1.807) is 16.7 Å². The van der Waals surface area contributed by atoms with Crippen molar-refractivity contribution in [1.82, 2.24) is 0 Å². The predicted octanol–water partition coefficient (Wildman–Crippen LogP) is -1.57. The first kappa shape index (κ1) is 21.5. The highest BCUT2D eigenvalue weighted by Gasteiger charge is 2.53. The minimum Gasteiger partial charge on any atom is -1.00 e. The maximum Gasteiger partial charge on any atom is 0.329 e. The maximum atomic E-state index is 11.9. The minimum absolute atomic E-state index is 0. The molecule has 2 rings (SSSR count). The average molecular weight is 487 g/mol. The third-order valence-corrected chi connectivity index (χ3v) is 6.57. The van der Waals surface area contributed by atoms with E-state index >= 15 is 0 Å². The van der Waals surface area contributed by atoms with E-state index in [2.05, 4.69) is 0 Å². The molecule has 1 aliphatic carbocycles. The average Bonchev–Trinajstić information content (AvgIpc) is 2.63. The summed E-state index contributed by atoms with van der Waals surface area (Å²) in [5.41, 5.74) is 0.991. The Hall–Kier alpha value is -0.520. The third kappa shape index (κ3) is 3.68. The highest BCUT2D eigenvalue weighted by molar-refractivity contribution is 7.86. The number of hydrogen-bond donors (Lipinski definition) is 1. The van der Waals surface area contributed by atoms with Crippen LogP contribution in [0.3, 0.4) is 0 Å². The molecule has 24 heavy (non-hydrogen) atoms. The van der Waals surface area contributed by atoms with E-state index in [0.717, 1.165) is 5.57 Å². The zero-order chi connectivity index (χ0) is 17.6. The van der Waals surface area contributed by atoms with E-state index in [0.29, 0.717) is 18.6 Å². The van der Waals surface area contributed by atoms with E-state index in [9.17, 15) is 21.4 Å². The summed E-state index contributed by atoms with van der Waals surface area (Å²) in [6.45, 7) is 7.64. The van der Waals surface area contributed by atoms with Gasteiger partial charge >= 0.3 is 10.1 Å². The molecular formula is C15H22INO5S2. The lowest BCUT2D eigenvalue weighted by atomic mass is 9.77. The molecule has 0 saturated heterocycles. The van der Waals surface area contributed by atoms with Crippen LogP contribution in [0.2, 0.25) is 0 Å². The van der Waals surface area contributed by atoms with Crippen LogP contribution >= 0.6 is 0 Å². The Balaban J connectivity index is 0.00000288. The van der Waals surface area contributed by atoms with E-state index in [1.165, 1.54) is 6.08 Å². The van der Waals surface area contributed by atoms with Crippen molar-refractivity contribution in [2.45, 2.75) is 52.0 Å². The zero-order valence-electron chi connectivity index (χ0n) is 14.0. The summed E-state index contributed by atoms with van der Waals surface area (Å²) in [6.07, 6.45) is 5.57. The lowest BCUT2D eigenvalue weighted by Crippen LogP contribution is -3.00. The van der Waals surface area contributed by atoms with Crippen LogP contribution in [-0.4, -0.2) is 48.0 Å². The smallest absolute Gasteiger partial charge is 0.329 e. The van der Waals surface area contributed by atoms with Gasteiger partial charge < -0.3 is 24.0 Å². The first-order valence-electron chi connectivity index (χ1n) is 7.50. The van der Waals surface area contributed by atoms with Crippen LogP contribution in [0.4, 0.5) is 0 Å². The summed E-state index contributed by atoms with van der Waals surface area (Å²) < 4.78 is 57.5. The Kier molecular flexibility index (Phi) is 6.62. The first-order chi connectivity index (χ1) is 10.5. The first-order valence-corrected chi connectivity index (χ1v) is 10.1. The van der Waals surface area contributed by atoms with Crippen molar-refractivity contribution in [2.75, 3.05) is 0 Å². The summed E-state index contributed by atoms with van der Waals surface area (Å²) in [5.74, 6) is 0. The normalized spacial score (nSPS) is 23.5. The molecule has 1 heterocycles. The Labute approximate surface area is 161 Å². The van der Waals surface area contributed by atoms with Gasteiger partial charge in [0.25, 0.3) is 5.37 Å². The molecule has 2 aliphatic rings. The van der Waals surface area contributed by atoms with Crippen LogP contribution in [-0.2, 0) is 20.4 Å². The molecule has 1 N–H and O–H groups in total. The van der Waals surface area contributed by atoms with Crippen molar-refractivity contribution in [1.29, 1.82) is 0 Å². The van der Waals surface area contributed by atoms with Crippen molar-refractivity contribution < 1.29 is 49.9 Å². The Morgan fingerprint density at radius 1 is 1.33 bits per heavy atom. The summed E-state index contributed by atoms with van der Waals surface area (Å²) in [5, 5.41) is -1.04. The van der Waals surface area contributed by atoms with Crippen LogP contribution in [0.15, 0.2) is 23.8 Å². The molecule has 0 aromatic heterocycles. The van der Waals surface area contributed by atoms with Crippen molar-refractivity contribution in [3.05, 3.63) is 23.8 Å². The Morgan fingerprint density at radius 2 is 1.92 bits per heavy atom. The molecule has 0 fully saturated rings. The molecule has 9 heteroatoms. The molecule has 6 nitrogen and oxygen atoms in total. The van der Waals surface area contributed by atoms with Gasteiger partial charge in [-0.2, -0.15) is 16.8 Å². The molecule has 0 aromatic carbocycles. The van der Waals surface area contributed by atoms with Crippen LogP contribution < -0.4 is 24.0 Å². The van der Waals surface area contributed by atoms with E-state index in [4.69, 9.17) is 0 Å². The standard InChI is InChI=1S/C15H21NO5S2.HI/c1-5-6-14(23(19,20)21)16-10(2)15(3,4)12-9-11(22(17)18)7-8-13(12)16;/h7-10,14H,5-6H2,1-4H3;1H. The molecule has 0 saturated carbocycles. The van der Waals surface area contributed by atoms with Gasteiger partial charge in [0.2, 0.25) is 16.0 Å². The minimum atomic E-state index is -4.26. The second-order valence-electron chi connectivity index (χ2n) is 6.48. The number of nitrogens with zero attached hydrogens (tertiary/aromatic N) is 1. The van der Waals surface area contributed by atoms with Gasteiger partial charge in [0.05, 0.1) is 10.3 Å². The van der Waals surface area contributed by atoms with Gasteiger partial charge in [-0.1, -0.05) is 6.92 Å². The van der Waals surface area contributed by atoms with Gasteiger partial charge in [-0.25, -0.2) is 4.58 Å². The van der Waals surface area contributed by atoms with Crippen LogP contribution in [0.25, 0.3) is 0 Å². The van der Waals surface area contributed by atoms with Gasteiger partial charge in [-0.05, 0) is 39.3 Å². The summed E-state index contributed by atoms with van der Waals surface area (Å²) in [6, 6.07) is -0.202. The molecule has 0 spiro atoms. The van der Waals surface area contributed by atoms with E-state index < -0.39 is 31.2 Å². The lowest BCUT2D eigenvalue weighted by molar-refractivity contribution is -0.581. The molecule has 1 aliphatic heterocycles. The number of allylic oxidation sites excluding steroid dienone is 3. The monoisotopic (exact) mass is 487 g/mol. The summed E-state index contributed by atoms with van der Waals surface area (Å²) >= 11 is 0. The second kappa shape index (κ2) is 7.38. The van der Waals surface area contributed by atoms with Crippen molar-refractivity contribution in [3.8, 4) is 0 Å². The fourth-order valence-corrected chi connectivity index (χ4v) is 4.73. The fourth-order valence-electron chi connectivity index (χ4n) is 3.22. The van der Waals surface area contributed by atoms with Gasteiger partial charge in [0, 0.05) is 18.1 Å². The summed E-state index contributed by atoms with van der Waals surface area (Å²) in [4.78, 5) is 0.171. The highest BCUT2D eigenvalue weighted by Crippen LogP contribution is 2.41. The molecule has 2 unspecified atom stereocenters. The number of hydrogen-bond acceptors (Lipinski definition) is 4. The third-order valence-electron chi connectivity index (χ3n) is 4.78. The van der Waals surface area contributed by atoms with Crippen LogP contribution in [0.5, 0.6) is 0 Å². The summed E-state index contributed by atoms with van der Waals surface area (Å²) in [7, 11) is -6.60. The van der Waals surface area contributed by atoms with Crippen molar-refractivity contribution in [2.24, 2.45) is 5.41 Å². The van der Waals surface area contributed by atoms with Gasteiger partial charge in [0.15, 0.2) is 6.04 Å². The molecule has 0 radical (unpaired) electrons. The van der Waals surface area contributed by atoms with E-state index in [1.807, 2.05) is 27.7 Å². The van der Waals surface area contributed by atoms with Gasteiger partial charge in [-0.3, -0.25) is 4.55 Å². The number of fused-ring (bicyclic) bond motifs is 1. The largest absolute Gasteiger partial charge is 1.00 e. The van der Waals surface area contributed by atoms with Crippen LogP contribution in [0, 0.1) is 5.41 Å². The fraction of sp³-hybridized carbons (Fsp3) is 0.600. The zero-order valence-corrected chi connectivity index (χ0v) is 17.8. The Bertz CT molecular complexity index is 856. The Morgan fingerprint density at radius 3 is 2.38 bits per heavy atom. The number of rotatable bonds is 4. The lowest BCUT2D eigenvalue weighted by Gasteiger charge is -2.24. The highest BCUT2D eigenvalue weighted by atomic mass is 127. The van der Waals surface area contributed by atoms with Crippen molar-refractivity contribution >= 4 is 31.0 Å².